The first-order valence-electron chi connectivity index (χ1n) is 10.5. The molecule has 0 unspecified atom stereocenters. The van der Waals surface area contributed by atoms with E-state index in [-0.39, 0.29) is 5.91 Å². The average molecular weight is 551 g/mol. The van der Waals surface area contributed by atoms with Crippen molar-refractivity contribution in [3.05, 3.63) is 56.8 Å². The van der Waals surface area contributed by atoms with Crippen LogP contribution in [0.5, 0.6) is 0 Å². The molecule has 3 heterocycles. The summed E-state index contributed by atoms with van der Waals surface area (Å²) in [7, 11) is 0. The van der Waals surface area contributed by atoms with Crippen molar-refractivity contribution in [3.8, 4) is 0 Å². The minimum atomic E-state index is -0.0868. The van der Waals surface area contributed by atoms with Crippen molar-refractivity contribution >= 4 is 81.5 Å². The van der Waals surface area contributed by atoms with Crippen molar-refractivity contribution in [1.29, 1.82) is 0 Å². The number of hydrogen-bond acceptors (Lipinski definition) is 6. The normalized spacial score (nSPS) is 14.9. The van der Waals surface area contributed by atoms with Gasteiger partial charge in [0.2, 0.25) is 0 Å². The fraction of sp³-hybridized carbons (Fsp3) is 0.304. The van der Waals surface area contributed by atoms with E-state index >= 15 is 0 Å². The lowest BCUT2D eigenvalue weighted by atomic mass is 10.2. The largest absolute Gasteiger partial charge is 0.379 e. The van der Waals surface area contributed by atoms with Gasteiger partial charge in [0.25, 0.3) is 5.91 Å². The maximum absolute atomic E-state index is 13.7. The van der Waals surface area contributed by atoms with E-state index in [1.54, 1.807) is 4.90 Å². The minimum Gasteiger partial charge on any atom is -0.379 e. The molecular weight excluding hydrogens is 530 g/mol. The Hall–Kier alpha value is -1.55. The third-order valence-corrected chi connectivity index (χ3v) is 8.70. The number of hydrogen-bond donors (Lipinski definition) is 0. The van der Waals surface area contributed by atoms with Gasteiger partial charge in [0, 0.05) is 40.7 Å². The summed E-state index contributed by atoms with van der Waals surface area (Å²) in [5.41, 5.74) is 0.890. The second-order valence-corrected chi connectivity index (χ2v) is 11.0. The predicted molar refractivity (Wildman–Crippen MR) is 138 cm³/mol. The molecule has 0 radical (unpaired) electrons. The topological polar surface area (TPSA) is 45.7 Å². The fourth-order valence-corrected chi connectivity index (χ4v) is 6.84. The molecule has 0 bridgehead atoms. The van der Waals surface area contributed by atoms with Gasteiger partial charge >= 0.3 is 0 Å². The quantitative estimate of drug-likeness (QED) is 0.283. The van der Waals surface area contributed by atoms with Crippen LogP contribution < -0.4 is 4.90 Å². The summed E-state index contributed by atoms with van der Waals surface area (Å²) in [6, 6.07) is 13.9. The van der Waals surface area contributed by atoms with Gasteiger partial charge in [-0.05, 0) is 30.7 Å². The number of aromatic nitrogens is 1. The monoisotopic (exact) mass is 549 g/mol. The summed E-state index contributed by atoms with van der Waals surface area (Å²) < 4.78 is 8.50. The standard InChI is InChI=1S/C23H21BrClN3O2S2/c24-15-6-7-17-19(14-15)32-23(26-17)28(9-3-8-27-10-12-30-13-11-27)22(29)21-20(25)16-4-1-2-5-18(16)31-21/h1-2,4-7,14H,3,8-13H2. The molecule has 32 heavy (non-hydrogen) atoms. The molecule has 1 fully saturated rings. The first kappa shape index (κ1) is 22.3. The molecule has 0 spiro atoms. The van der Waals surface area contributed by atoms with Gasteiger partial charge in [-0.2, -0.15) is 0 Å². The highest BCUT2D eigenvalue weighted by atomic mass is 79.9. The summed E-state index contributed by atoms with van der Waals surface area (Å²) in [5, 5.41) is 2.15. The first-order valence-corrected chi connectivity index (χ1v) is 13.3. The third kappa shape index (κ3) is 4.58. The van der Waals surface area contributed by atoms with E-state index in [1.807, 2.05) is 42.5 Å². The van der Waals surface area contributed by atoms with Crippen molar-refractivity contribution < 1.29 is 9.53 Å². The summed E-state index contributed by atoms with van der Waals surface area (Å²) in [4.78, 5) is 23.3. The molecule has 0 aliphatic carbocycles. The van der Waals surface area contributed by atoms with Gasteiger partial charge in [0.1, 0.15) is 4.88 Å². The second kappa shape index (κ2) is 9.75. The first-order chi connectivity index (χ1) is 15.6. The lowest BCUT2D eigenvalue weighted by Gasteiger charge is -2.27. The second-order valence-electron chi connectivity index (χ2n) is 7.61. The number of fused-ring (bicyclic) bond motifs is 2. The van der Waals surface area contributed by atoms with Crippen LogP contribution in [0.4, 0.5) is 5.13 Å². The Bertz CT molecular complexity index is 1270. The number of carbonyl (C=O) groups is 1. The maximum atomic E-state index is 13.7. The average Bonchev–Trinajstić information content (AvgIpc) is 3.38. The maximum Gasteiger partial charge on any atom is 0.271 e. The highest BCUT2D eigenvalue weighted by Gasteiger charge is 2.26. The SMILES string of the molecule is O=C(c1sc2ccccc2c1Cl)N(CCCN1CCOCC1)c1nc2ccc(Br)cc2s1. The number of rotatable bonds is 6. The highest BCUT2D eigenvalue weighted by Crippen LogP contribution is 2.38. The molecule has 9 heteroatoms. The van der Waals surface area contributed by atoms with Gasteiger partial charge in [0.15, 0.2) is 5.13 Å². The fourth-order valence-electron chi connectivity index (χ4n) is 3.84. The van der Waals surface area contributed by atoms with E-state index in [9.17, 15) is 4.79 Å². The van der Waals surface area contributed by atoms with E-state index in [0.29, 0.717) is 21.6 Å². The lowest BCUT2D eigenvalue weighted by molar-refractivity contribution is 0.0376. The van der Waals surface area contributed by atoms with E-state index in [1.165, 1.54) is 22.7 Å². The molecule has 0 N–H and O–H groups in total. The number of carbonyl (C=O) groups excluding carboxylic acids is 1. The van der Waals surface area contributed by atoms with E-state index in [2.05, 4.69) is 20.8 Å². The predicted octanol–water partition coefficient (Wildman–Crippen LogP) is 6.30. The molecule has 4 aromatic rings. The number of nitrogens with zero attached hydrogens (tertiary/aromatic N) is 3. The highest BCUT2D eigenvalue weighted by molar-refractivity contribution is 9.10. The third-order valence-electron chi connectivity index (χ3n) is 5.50. The number of morpholine rings is 1. The van der Waals surface area contributed by atoms with Crippen LogP contribution in [0.25, 0.3) is 20.3 Å². The van der Waals surface area contributed by atoms with Crippen LogP contribution >= 0.6 is 50.2 Å². The van der Waals surface area contributed by atoms with Crippen molar-refractivity contribution in [1.82, 2.24) is 9.88 Å². The lowest BCUT2D eigenvalue weighted by Crippen LogP contribution is -2.39. The Morgan fingerprint density at radius 1 is 1.16 bits per heavy atom. The van der Waals surface area contributed by atoms with E-state index in [0.717, 1.165) is 64.0 Å². The molecule has 1 aliphatic rings. The Balaban J connectivity index is 1.45. The smallest absolute Gasteiger partial charge is 0.271 e. The van der Waals surface area contributed by atoms with Crippen LogP contribution in [-0.4, -0.2) is 55.2 Å². The molecule has 5 rings (SSSR count). The number of thiophene rings is 1. The van der Waals surface area contributed by atoms with Gasteiger partial charge in [-0.15, -0.1) is 11.3 Å². The van der Waals surface area contributed by atoms with Gasteiger partial charge in [-0.3, -0.25) is 14.6 Å². The van der Waals surface area contributed by atoms with Gasteiger partial charge in [-0.1, -0.05) is 57.1 Å². The van der Waals surface area contributed by atoms with Crippen LogP contribution in [0.15, 0.2) is 46.9 Å². The van der Waals surface area contributed by atoms with E-state index < -0.39 is 0 Å². The number of benzene rings is 2. The van der Waals surface area contributed by atoms with Crippen LogP contribution in [0.1, 0.15) is 16.1 Å². The minimum absolute atomic E-state index is 0.0868. The molecule has 1 amide bonds. The molecule has 0 saturated carbocycles. The summed E-state index contributed by atoms with van der Waals surface area (Å²) >= 11 is 13.2. The molecule has 166 valence electrons. The van der Waals surface area contributed by atoms with Crippen LogP contribution in [0.3, 0.4) is 0 Å². The van der Waals surface area contributed by atoms with Crippen LogP contribution in [-0.2, 0) is 4.74 Å². The zero-order valence-corrected chi connectivity index (χ0v) is 21.2. The summed E-state index contributed by atoms with van der Waals surface area (Å²) in [6.07, 6.45) is 0.855. The Labute approximate surface area is 207 Å². The summed E-state index contributed by atoms with van der Waals surface area (Å²) in [6.45, 7) is 4.92. The van der Waals surface area contributed by atoms with Crippen molar-refractivity contribution in [2.75, 3.05) is 44.3 Å². The Morgan fingerprint density at radius 2 is 1.97 bits per heavy atom. The zero-order chi connectivity index (χ0) is 22.1. The number of halogens is 2. The number of thiazole rings is 1. The zero-order valence-electron chi connectivity index (χ0n) is 17.2. The van der Waals surface area contributed by atoms with Crippen LogP contribution in [0, 0.1) is 0 Å². The molecule has 0 atom stereocenters. The molecule has 2 aromatic heterocycles. The summed E-state index contributed by atoms with van der Waals surface area (Å²) in [5.74, 6) is -0.0868. The van der Waals surface area contributed by atoms with Crippen molar-refractivity contribution in [2.45, 2.75) is 6.42 Å². The molecule has 1 aliphatic heterocycles. The van der Waals surface area contributed by atoms with Crippen molar-refractivity contribution in [3.63, 3.8) is 0 Å². The number of amides is 1. The molecule has 5 nitrogen and oxygen atoms in total. The van der Waals surface area contributed by atoms with Crippen molar-refractivity contribution in [2.24, 2.45) is 0 Å². The van der Waals surface area contributed by atoms with Crippen LogP contribution in [0.2, 0.25) is 5.02 Å². The van der Waals surface area contributed by atoms with Gasteiger partial charge in [0.05, 0.1) is 28.5 Å². The van der Waals surface area contributed by atoms with E-state index in [4.69, 9.17) is 21.3 Å². The molecule has 2 aromatic carbocycles. The van der Waals surface area contributed by atoms with Gasteiger partial charge < -0.3 is 4.74 Å². The Morgan fingerprint density at radius 3 is 2.78 bits per heavy atom. The Kier molecular flexibility index (Phi) is 6.78. The number of anilines is 1. The number of ether oxygens (including phenoxy) is 1. The van der Waals surface area contributed by atoms with Gasteiger partial charge in [-0.25, -0.2) is 4.98 Å². The molecular formula is C23H21BrClN3O2S2. The molecule has 1 saturated heterocycles.